The molecule has 0 saturated carbocycles. The Morgan fingerprint density at radius 1 is 1.27 bits per heavy atom. The van der Waals surface area contributed by atoms with Crippen molar-refractivity contribution in [2.45, 2.75) is 38.6 Å². The molecule has 1 aromatic carbocycles. The zero-order chi connectivity index (χ0) is 16.2. The number of hydrogen-bond acceptors (Lipinski definition) is 5. The van der Waals surface area contributed by atoms with E-state index in [1.165, 1.54) is 12.1 Å². The molecule has 0 fully saturated rings. The van der Waals surface area contributed by atoms with Crippen LogP contribution < -0.4 is 10.0 Å². The van der Waals surface area contributed by atoms with Crippen molar-refractivity contribution >= 4 is 28.1 Å². The van der Waals surface area contributed by atoms with Crippen molar-refractivity contribution in [1.29, 1.82) is 0 Å². The number of nitro benzene ring substituents is 1. The lowest BCUT2D eigenvalue weighted by Gasteiger charge is -2.15. The molecule has 1 aromatic rings. The quantitative estimate of drug-likeness (QED) is 0.577. The molecule has 7 nitrogen and oxygen atoms in total. The van der Waals surface area contributed by atoms with Crippen LogP contribution in [-0.2, 0) is 10.0 Å². The number of rotatable bonds is 7. The zero-order valence-electron chi connectivity index (χ0n) is 13.0. The van der Waals surface area contributed by atoms with E-state index >= 15 is 0 Å². The van der Waals surface area contributed by atoms with Gasteiger partial charge in [0.25, 0.3) is 5.69 Å². The first kappa shape index (κ1) is 20.8. The number of aryl methyl sites for hydroxylation is 2. The summed E-state index contributed by atoms with van der Waals surface area (Å²) in [5.74, 6) is 0. The number of sulfonamides is 1. The summed E-state index contributed by atoms with van der Waals surface area (Å²) in [5.41, 5.74) is 0.626. The molecule has 0 bridgehead atoms. The monoisotopic (exact) mass is 351 g/mol. The topological polar surface area (TPSA) is 101 Å². The molecule has 0 spiro atoms. The van der Waals surface area contributed by atoms with Crippen molar-refractivity contribution in [1.82, 2.24) is 10.0 Å². The molecule has 0 amide bonds. The maximum absolute atomic E-state index is 12.4. The summed E-state index contributed by atoms with van der Waals surface area (Å²) in [5, 5.41) is 13.9. The van der Waals surface area contributed by atoms with Gasteiger partial charge in [-0.05, 0) is 38.4 Å². The van der Waals surface area contributed by atoms with Crippen molar-refractivity contribution in [3.63, 3.8) is 0 Å². The third-order valence-corrected chi connectivity index (χ3v) is 4.78. The minimum absolute atomic E-state index is 0. The van der Waals surface area contributed by atoms with Crippen LogP contribution in [0.5, 0.6) is 0 Å². The first-order valence-electron chi connectivity index (χ1n) is 6.67. The predicted octanol–water partition coefficient (Wildman–Crippen LogP) is 1.91. The molecule has 0 aliphatic heterocycles. The van der Waals surface area contributed by atoms with Crippen molar-refractivity contribution in [3.05, 3.63) is 33.4 Å². The maximum atomic E-state index is 12.4. The van der Waals surface area contributed by atoms with Crippen LogP contribution >= 0.6 is 12.4 Å². The van der Waals surface area contributed by atoms with Crippen LogP contribution in [0.25, 0.3) is 0 Å². The summed E-state index contributed by atoms with van der Waals surface area (Å²) in [4.78, 5) is 10.4. The molecule has 22 heavy (non-hydrogen) atoms. The van der Waals surface area contributed by atoms with E-state index in [1.807, 2.05) is 13.8 Å². The molecule has 0 saturated heterocycles. The van der Waals surface area contributed by atoms with Crippen LogP contribution in [0.4, 0.5) is 5.69 Å². The number of nitrogens with zero attached hydrogens (tertiary/aromatic N) is 1. The van der Waals surface area contributed by atoms with Gasteiger partial charge in [0.1, 0.15) is 0 Å². The van der Waals surface area contributed by atoms with Gasteiger partial charge in [0.15, 0.2) is 0 Å². The van der Waals surface area contributed by atoms with Gasteiger partial charge in [-0.1, -0.05) is 6.92 Å². The Hall–Kier alpha value is -1.22. The Labute approximate surface area is 137 Å². The van der Waals surface area contributed by atoms with Gasteiger partial charge in [-0.15, -0.1) is 12.4 Å². The molecule has 1 atom stereocenters. The third-order valence-electron chi connectivity index (χ3n) is 3.06. The van der Waals surface area contributed by atoms with E-state index in [2.05, 4.69) is 10.0 Å². The summed E-state index contributed by atoms with van der Waals surface area (Å²) >= 11 is 0. The van der Waals surface area contributed by atoms with Crippen molar-refractivity contribution in [2.24, 2.45) is 0 Å². The number of non-ortho nitro benzene ring substituents is 1. The Morgan fingerprint density at radius 3 is 2.18 bits per heavy atom. The Bertz CT molecular complexity index is 611. The molecule has 0 aromatic heterocycles. The van der Waals surface area contributed by atoms with Crippen molar-refractivity contribution < 1.29 is 13.3 Å². The molecule has 9 heteroatoms. The van der Waals surface area contributed by atoms with Crippen molar-refractivity contribution in [2.75, 3.05) is 13.1 Å². The number of likely N-dealkylation sites (N-methyl/N-ethyl adjacent to an activating group) is 1. The Balaban J connectivity index is 0.00000441. The second-order valence-electron chi connectivity index (χ2n) is 4.98. The van der Waals surface area contributed by atoms with Gasteiger partial charge < -0.3 is 5.32 Å². The summed E-state index contributed by atoms with van der Waals surface area (Å²) < 4.78 is 27.2. The van der Waals surface area contributed by atoms with Crippen LogP contribution in [0.1, 0.15) is 25.0 Å². The molecule has 0 aliphatic rings. The van der Waals surface area contributed by atoms with Gasteiger partial charge in [0.05, 0.1) is 9.82 Å². The van der Waals surface area contributed by atoms with E-state index in [1.54, 1.807) is 13.8 Å². The highest BCUT2D eigenvalue weighted by atomic mass is 35.5. The molecule has 0 heterocycles. The predicted molar refractivity (Wildman–Crippen MR) is 88.1 cm³/mol. The maximum Gasteiger partial charge on any atom is 0.270 e. The van der Waals surface area contributed by atoms with Gasteiger partial charge in [-0.3, -0.25) is 10.1 Å². The molecule has 126 valence electrons. The fourth-order valence-corrected chi connectivity index (χ4v) is 3.76. The van der Waals surface area contributed by atoms with Crippen LogP contribution in [-0.4, -0.2) is 32.5 Å². The van der Waals surface area contributed by atoms with E-state index in [0.717, 1.165) is 6.54 Å². The van der Waals surface area contributed by atoms with Gasteiger partial charge in [0.2, 0.25) is 10.0 Å². The minimum Gasteiger partial charge on any atom is -0.313 e. The van der Waals surface area contributed by atoms with E-state index in [-0.39, 0.29) is 35.6 Å². The molecule has 2 N–H and O–H groups in total. The number of halogens is 1. The average molecular weight is 352 g/mol. The Morgan fingerprint density at radius 2 is 1.77 bits per heavy atom. The number of hydrogen-bond donors (Lipinski definition) is 2. The highest BCUT2D eigenvalue weighted by molar-refractivity contribution is 7.89. The molecule has 1 rings (SSSR count). The smallest absolute Gasteiger partial charge is 0.270 e. The van der Waals surface area contributed by atoms with Crippen molar-refractivity contribution in [3.8, 4) is 0 Å². The van der Waals surface area contributed by atoms with E-state index < -0.39 is 14.9 Å². The fraction of sp³-hybridized carbons (Fsp3) is 0.538. The molecule has 0 aliphatic carbocycles. The van der Waals surface area contributed by atoms with Crippen LogP contribution in [0, 0.1) is 24.0 Å². The first-order chi connectivity index (χ1) is 9.69. The largest absolute Gasteiger partial charge is 0.313 e. The second kappa shape index (κ2) is 8.42. The average Bonchev–Trinajstić information content (AvgIpc) is 2.35. The van der Waals surface area contributed by atoms with E-state index in [4.69, 9.17) is 0 Å². The summed E-state index contributed by atoms with van der Waals surface area (Å²) in [7, 11) is -3.69. The highest BCUT2D eigenvalue weighted by Gasteiger charge is 2.22. The lowest BCUT2D eigenvalue weighted by molar-refractivity contribution is -0.385. The fourth-order valence-electron chi connectivity index (χ4n) is 2.18. The van der Waals surface area contributed by atoms with E-state index in [0.29, 0.717) is 11.1 Å². The lowest BCUT2D eigenvalue weighted by Crippen LogP contribution is -2.39. The summed E-state index contributed by atoms with van der Waals surface area (Å²) in [6.07, 6.45) is 0. The van der Waals surface area contributed by atoms with Crippen LogP contribution in [0.3, 0.4) is 0 Å². The number of nitrogens with one attached hydrogen (secondary N) is 2. The van der Waals surface area contributed by atoms with Crippen LogP contribution in [0.15, 0.2) is 17.0 Å². The third kappa shape index (κ3) is 5.20. The zero-order valence-corrected chi connectivity index (χ0v) is 14.7. The molecular weight excluding hydrogens is 330 g/mol. The van der Waals surface area contributed by atoms with Gasteiger partial charge in [-0.25, -0.2) is 13.1 Å². The van der Waals surface area contributed by atoms with Gasteiger partial charge in [-0.2, -0.15) is 0 Å². The van der Waals surface area contributed by atoms with Gasteiger partial charge >= 0.3 is 0 Å². The minimum atomic E-state index is -3.69. The van der Waals surface area contributed by atoms with Gasteiger partial charge in [0, 0.05) is 24.7 Å². The molecule has 0 unspecified atom stereocenters. The van der Waals surface area contributed by atoms with Crippen LogP contribution in [0.2, 0.25) is 0 Å². The van der Waals surface area contributed by atoms with E-state index in [9.17, 15) is 18.5 Å². The summed E-state index contributed by atoms with van der Waals surface area (Å²) in [6.45, 7) is 7.94. The first-order valence-corrected chi connectivity index (χ1v) is 8.16. The SMILES string of the molecule is CCN[C@H](C)CNS(=O)(=O)c1c(C)cc([N+](=O)[O-])cc1C.Cl. The number of benzene rings is 1. The summed E-state index contributed by atoms with van der Waals surface area (Å²) in [6, 6.07) is 2.55. The molecule has 0 radical (unpaired) electrons. The normalized spacial score (nSPS) is 12.5. The highest BCUT2D eigenvalue weighted by Crippen LogP contribution is 2.25. The Kier molecular flexibility index (Phi) is 7.96. The second-order valence-corrected chi connectivity index (χ2v) is 6.68. The number of nitro groups is 1. The molecular formula is C13H22ClN3O4S. The standard InChI is InChI=1S/C13H21N3O4S.ClH/c1-5-14-11(4)8-15-21(19,20)13-9(2)6-12(16(17)18)7-10(13)3;/h6-7,11,14-15H,5,8H2,1-4H3;1H/t11-;/m1./s1. The lowest BCUT2D eigenvalue weighted by atomic mass is 10.1.